The Bertz CT molecular complexity index is 414. The van der Waals surface area contributed by atoms with E-state index in [-0.39, 0.29) is 11.9 Å². The van der Waals surface area contributed by atoms with Crippen LogP contribution in [0.5, 0.6) is 0 Å². The van der Waals surface area contributed by atoms with Crippen LogP contribution in [0.15, 0.2) is 18.3 Å². The fourth-order valence-corrected chi connectivity index (χ4v) is 2.20. The molecule has 0 aliphatic carbocycles. The van der Waals surface area contributed by atoms with E-state index in [1.807, 2.05) is 13.1 Å². The molecule has 4 heteroatoms. The maximum Gasteiger partial charge on any atom is 0.159 e. The van der Waals surface area contributed by atoms with Gasteiger partial charge in [-0.15, -0.1) is 0 Å². The molecule has 1 fully saturated rings. The maximum absolute atomic E-state index is 11.3. The quantitative estimate of drug-likeness (QED) is 0.767. The van der Waals surface area contributed by atoms with Gasteiger partial charge in [-0.2, -0.15) is 0 Å². The standard InChI is InChI=1S/C14H20N2O2/c1-11(17)12-6-7-15-14(9-12)16(2)10-13-5-3-4-8-18-13/h6-7,9,13H,3-5,8,10H2,1-2H3. The summed E-state index contributed by atoms with van der Waals surface area (Å²) in [7, 11) is 1.99. The van der Waals surface area contributed by atoms with E-state index in [1.54, 1.807) is 19.2 Å². The number of aromatic nitrogens is 1. The molecule has 0 saturated carbocycles. The molecule has 1 aliphatic heterocycles. The summed E-state index contributed by atoms with van der Waals surface area (Å²) in [6.45, 7) is 3.26. The second-order valence-electron chi connectivity index (χ2n) is 4.83. The van der Waals surface area contributed by atoms with Gasteiger partial charge in [-0.25, -0.2) is 4.98 Å². The van der Waals surface area contributed by atoms with E-state index in [1.165, 1.54) is 6.42 Å². The Morgan fingerprint density at radius 2 is 2.39 bits per heavy atom. The summed E-state index contributed by atoms with van der Waals surface area (Å²) in [5.41, 5.74) is 0.705. The molecule has 2 rings (SSSR count). The van der Waals surface area contributed by atoms with Crippen LogP contribution in [0.1, 0.15) is 36.5 Å². The maximum atomic E-state index is 11.3. The topological polar surface area (TPSA) is 42.4 Å². The zero-order valence-electron chi connectivity index (χ0n) is 11.1. The summed E-state index contributed by atoms with van der Waals surface area (Å²) in [6.07, 6.45) is 5.48. The van der Waals surface area contributed by atoms with Crippen LogP contribution in [-0.4, -0.2) is 37.1 Å². The van der Waals surface area contributed by atoms with E-state index in [0.29, 0.717) is 5.56 Å². The van der Waals surface area contributed by atoms with Crippen LogP contribution < -0.4 is 4.90 Å². The molecule has 0 N–H and O–H groups in total. The number of ketones is 1. The van der Waals surface area contributed by atoms with E-state index < -0.39 is 0 Å². The molecule has 0 amide bonds. The number of ether oxygens (including phenoxy) is 1. The molecule has 0 bridgehead atoms. The average Bonchev–Trinajstić information content (AvgIpc) is 2.40. The Labute approximate surface area is 108 Å². The van der Waals surface area contributed by atoms with E-state index in [4.69, 9.17) is 4.74 Å². The molecule has 18 heavy (non-hydrogen) atoms. The van der Waals surface area contributed by atoms with E-state index in [9.17, 15) is 4.79 Å². The molecule has 0 spiro atoms. The van der Waals surface area contributed by atoms with Crippen molar-refractivity contribution in [2.75, 3.05) is 25.1 Å². The minimum absolute atomic E-state index is 0.0703. The number of likely N-dealkylation sites (N-methyl/N-ethyl adjacent to an activating group) is 1. The molecule has 0 aromatic carbocycles. The van der Waals surface area contributed by atoms with Crippen LogP contribution in [-0.2, 0) is 4.74 Å². The first-order chi connectivity index (χ1) is 8.66. The Kier molecular flexibility index (Phi) is 4.31. The molecule has 1 aliphatic rings. The molecule has 98 valence electrons. The minimum atomic E-state index is 0.0703. The molecule has 1 atom stereocenters. The van der Waals surface area contributed by atoms with E-state index >= 15 is 0 Å². The SMILES string of the molecule is CC(=O)c1ccnc(N(C)CC2CCCCO2)c1. The fraction of sp³-hybridized carbons (Fsp3) is 0.571. The highest BCUT2D eigenvalue weighted by atomic mass is 16.5. The molecule has 2 heterocycles. The van der Waals surface area contributed by atoms with Gasteiger partial charge in [0, 0.05) is 32.0 Å². The molecule has 1 aromatic rings. The van der Waals surface area contributed by atoms with Crippen LogP contribution in [0, 0.1) is 0 Å². The zero-order chi connectivity index (χ0) is 13.0. The lowest BCUT2D eigenvalue weighted by Gasteiger charge is -2.28. The van der Waals surface area contributed by atoms with Crippen molar-refractivity contribution in [2.45, 2.75) is 32.3 Å². The molecule has 0 radical (unpaired) electrons. The number of nitrogens with zero attached hydrogens (tertiary/aromatic N) is 2. The van der Waals surface area contributed by atoms with Crippen molar-refractivity contribution >= 4 is 11.6 Å². The van der Waals surface area contributed by atoms with Crippen molar-refractivity contribution in [3.8, 4) is 0 Å². The number of carbonyl (C=O) groups excluding carboxylic acids is 1. The fourth-order valence-electron chi connectivity index (χ4n) is 2.20. The lowest BCUT2D eigenvalue weighted by atomic mass is 10.1. The monoisotopic (exact) mass is 248 g/mol. The largest absolute Gasteiger partial charge is 0.376 e. The van der Waals surface area contributed by atoms with Crippen LogP contribution in [0.3, 0.4) is 0 Å². The zero-order valence-corrected chi connectivity index (χ0v) is 11.1. The van der Waals surface area contributed by atoms with Gasteiger partial charge in [0.25, 0.3) is 0 Å². The van der Waals surface area contributed by atoms with Gasteiger partial charge in [0.15, 0.2) is 5.78 Å². The second kappa shape index (κ2) is 5.96. The molecule has 1 unspecified atom stereocenters. The van der Waals surface area contributed by atoms with Gasteiger partial charge in [-0.3, -0.25) is 4.79 Å². The number of anilines is 1. The third kappa shape index (κ3) is 3.29. The van der Waals surface area contributed by atoms with Crippen molar-refractivity contribution in [2.24, 2.45) is 0 Å². The van der Waals surface area contributed by atoms with Crippen molar-refractivity contribution < 1.29 is 9.53 Å². The third-order valence-electron chi connectivity index (χ3n) is 3.29. The molecular weight excluding hydrogens is 228 g/mol. The smallest absolute Gasteiger partial charge is 0.159 e. The number of rotatable bonds is 4. The second-order valence-corrected chi connectivity index (χ2v) is 4.83. The third-order valence-corrected chi connectivity index (χ3v) is 3.29. The summed E-state index contributed by atoms with van der Waals surface area (Å²) in [4.78, 5) is 17.7. The van der Waals surface area contributed by atoms with E-state index in [2.05, 4.69) is 9.88 Å². The number of hydrogen-bond acceptors (Lipinski definition) is 4. The first-order valence-electron chi connectivity index (χ1n) is 6.46. The number of pyridine rings is 1. The Morgan fingerprint density at radius 1 is 1.56 bits per heavy atom. The first kappa shape index (κ1) is 13.0. The summed E-state index contributed by atoms with van der Waals surface area (Å²) in [6, 6.07) is 3.59. The van der Waals surface area contributed by atoms with Crippen molar-refractivity contribution in [3.05, 3.63) is 23.9 Å². The predicted octanol–water partition coefficient (Wildman–Crippen LogP) is 2.29. The Hall–Kier alpha value is -1.42. The molecular formula is C14H20N2O2. The average molecular weight is 248 g/mol. The summed E-state index contributed by atoms with van der Waals surface area (Å²) >= 11 is 0. The Balaban J connectivity index is 2.01. The molecule has 1 aromatic heterocycles. The lowest BCUT2D eigenvalue weighted by Crippen LogP contribution is -2.33. The van der Waals surface area contributed by atoms with Crippen molar-refractivity contribution in [1.29, 1.82) is 0 Å². The number of carbonyl (C=O) groups is 1. The van der Waals surface area contributed by atoms with Crippen LogP contribution in [0.4, 0.5) is 5.82 Å². The lowest BCUT2D eigenvalue weighted by molar-refractivity contribution is 0.0215. The number of Topliss-reactive ketones (excluding diaryl/α,β-unsaturated/α-hetero) is 1. The van der Waals surface area contributed by atoms with Crippen molar-refractivity contribution in [3.63, 3.8) is 0 Å². The first-order valence-corrected chi connectivity index (χ1v) is 6.46. The van der Waals surface area contributed by atoms with Gasteiger partial charge in [0.1, 0.15) is 5.82 Å². The highest BCUT2D eigenvalue weighted by molar-refractivity contribution is 5.94. The van der Waals surface area contributed by atoms with Crippen LogP contribution in [0.25, 0.3) is 0 Å². The normalized spacial score (nSPS) is 19.6. The van der Waals surface area contributed by atoms with Gasteiger partial charge < -0.3 is 9.64 Å². The highest BCUT2D eigenvalue weighted by Crippen LogP contribution is 2.17. The van der Waals surface area contributed by atoms with Crippen LogP contribution in [0.2, 0.25) is 0 Å². The molecule has 4 nitrogen and oxygen atoms in total. The van der Waals surface area contributed by atoms with Crippen molar-refractivity contribution in [1.82, 2.24) is 4.98 Å². The Morgan fingerprint density at radius 3 is 3.06 bits per heavy atom. The number of hydrogen-bond donors (Lipinski definition) is 0. The van der Waals surface area contributed by atoms with Gasteiger partial charge in [-0.1, -0.05) is 0 Å². The predicted molar refractivity (Wildman–Crippen MR) is 71.1 cm³/mol. The summed E-state index contributed by atoms with van der Waals surface area (Å²) in [5, 5.41) is 0. The minimum Gasteiger partial charge on any atom is -0.376 e. The summed E-state index contributed by atoms with van der Waals surface area (Å²) < 4.78 is 5.71. The van der Waals surface area contributed by atoms with Gasteiger partial charge in [-0.05, 0) is 38.3 Å². The highest BCUT2D eigenvalue weighted by Gasteiger charge is 2.17. The van der Waals surface area contributed by atoms with Gasteiger partial charge in [0.05, 0.1) is 6.10 Å². The van der Waals surface area contributed by atoms with E-state index in [0.717, 1.165) is 31.8 Å². The summed E-state index contributed by atoms with van der Waals surface area (Å²) in [5.74, 6) is 0.901. The van der Waals surface area contributed by atoms with Gasteiger partial charge in [0.2, 0.25) is 0 Å². The molecule has 1 saturated heterocycles. The van der Waals surface area contributed by atoms with Gasteiger partial charge >= 0.3 is 0 Å². The van der Waals surface area contributed by atoms with Crippen LogP contribution >= 0.6 is 0 Å².